The molecular weight excluding hydrogens is 436 g/mol. The summed E-state index contributed by atoms with van der Waals surface area (Å²) in [6.45, 7) is 2.82. The molecule has 0 spiro atoms. The zero-order valence-electron chi connectivity index (χ0n) is 18.5. The first-order valence-corrected chi connectivity index (χ1v) is 11.1. The molecule has 1 heterocycles. The summed E-state index contributed by atoms with van der Waals surface area (Å²) in [5.74, 6) is -0.714. The molecule has 0 saturated carbocycles. The fraction of sp³-hybridized carbons (Fsp3) is 0.192. The van der Waals surface area contributed by atoms with Gasteiger partial charge in [0.25, 0.3) is 0 Å². The average Bonchev–Trinajstić information content (AvgIpc) is 3.13. The summed E-state index contributed by atoms with van der Waals surface area (Å²) in [5.41, 5.74) is 4.57. The van der Waals surface area contributed by atoms with Crippen LogP contribution in [0.1, 0.15) is 24.0 Å². The highest BCUT2D eigenvalue weighted by Gasteiger charge is 2.35. The van der Waals surface area contributed by atoms with E-state index < -0.39 is 5.92 Å². The van der Waals surface area contributed by atoms with Gasteiger partial charge in [-0.3, -0.25) is 14.6 Å². The molecule has 33 heavy (non-hydrogen) atoms. The van der Waals surface area contributed by atoms with Gasteiger partial charge in [0.05, 0.1) is 11.4 Å². The molecule has 0 fully saturated rings. The number of amides is 2. The van der Waals surface area contributed by atoms with Gasteiger partial charge in [-0.15, -0.1) is 0 Å². The zero-order chi connectivity index (χ0) is 23.4. The lowest BCUT2D eigenvalue weighted by Crippen LogP contribution is -2.34. The van der Waals surface area contributed by atoms with E-state index >= 15 is 0 Å². The Kier molecular flexibility index (Phi) is 6.87. The number of halogens is 1. The van der Waals surface area contributed by atoms with E-state index in [-0.39, 0.29) is 11.8 Å². The highest BCUT2D eigenvalue weighted by molar-refractivity contribution is 6.31. The molecule has 1 aliphatic rings. The van der Waals surface area contributed by atoms with E-state index in [4.69, 9.17) is 16.6 Å². The van der Waals surface area contributed by atoms with Crippen LogP contribution in [0.15, 0.2) is 77.8 Å². The van der Waals surface area contributed by atoms with Crippen LogP contribution in [0.25, 0.3) is 0 Å². The van der Waals surface area contributed by atoms with Gasteiger partial charge in [0.1, 0.15) is 5.92 Å². The molecule has 1 unspecified atom stereocenters. The van der Waals surface area contributed by atoms with Gasteiger partial charge >= 0.3 is 0 Å². The Bertz CT molecular complexity index is 1190. The van der Waals surface area contributed by atoms with E-state index in [0.717, 1.165) is 16.8 Å². The Hall–Kier alpha value is -3.48. The van der Waals surface area contributed by atoms with Crippen molar-refractivity contribution in [2.45, 2.75) is 12.8 Å². The summed E-state index contributed by atoms with van der Waals surface area (Å²) in [7, 11) is 1.85. The minimum Gasteiger partial charge on any atom is -0.325 e. The van der Waals surface area contributed by atoms with Crippen molar-refractivity contribution in [1.29, 1.82) is 0 Å². The summed E-state index contributed by atoms with van der Waals surface area (Å²) in [6.07, 6.45) is 0. The van der Waals surface area contributed by atoms with E-state index in [1.54, 1.807) is 24.0 Å². The molecular formula is C26H25ClN4O2. The van der Waals surface area contributed by atoms with Gasteiger partial charge in [0.2, 0.25) is 11.8 Å². The van der Waals surface area contributed by atoms with E-state index in [1.807, 2.05) is 67.7 Å². The van der Waals surface area contributed by atoms with Gasteiger partial charge in [0.15, 0.2) is 0 Å². The second kappa shape index (κ2) is 9.98. The number of carbonyl (C=O) groups is 2. The first-order valence-electron chi connectivity index (χ1n) is 10.7. The van der Waals surface area contributed by atoms with Crippen LogP contribution in [0.4, 0.5) is 17.1 Å². The first kappa shape index (κ1) is 22.7. The number of anilines is 2. The maximum absolute atomic E-state index is 13.0. The van der Waals surface area contributed by atoms with Gasteiger partial charge in [-0.25, -0.2) is 0 Å². The van der Waals surface area contributed by atoms with Crippen molar-refractivity contribution in [2.24, 2.45) is 4.99 Å². The molecule has 7 heteroatoms. The summed E-state index contributed by atoms with van der Waals surface area (Å²) in [5, 5.41) is 6.56. The molecule has 0 radical (unpaired) electrons. The number of aliphatic imine (C=N–C) groups is 1. The van der Waals surface area contributed by atoms with Crippen LogP contribution in [0, 0.1) is 0 Å². The maximum Gasteiger partial charge on any atom is 0.238 e. The van der Waals surface area contributed by atoms with Gasteiger partial charge in [-0.1, -0.05) is 48.0 Å². The Morgan fingerprint density at radius 1 is 1.09 bits per heavy atom. The maximum atomic E-state index is 13.0. The number of carbonyl (C=O) groups excluding carboxylic acids is 2. The fourth-order valence-electron chi connectivity index (χ4n) is 3.95. The van der Waals surface area contributed by atoms with Crippen LogP contribution >= 0.6 is 11.6 Å². The standard InChI is InChI=1S/C26H25ClN4O2/c1-17(32)31(15-14-28-2)21-11-9-20(10-12-21)29-25(18-6-4-3-5-7-18)24-22-13-8-19(27)16-23(22)30-26(24)33/h3-13,16,24,28H,14-15H2,1-2H3,(H,30,33). The summed E-state index contributed by atoms with van der Waals surface area (Å²) in [4.78, 5) is 31.7. The predicted molar refractivity (Wildman–Crippen MR) is 134 cm³/mol. The highest BCUT2D eigenvalue weighted by Crippen LogP contribution is 2.37. The first-order chi connectivity index (χ1) is 16.0. The minimum atomic E-state index is -0.552. The second-order valence-corrected chi connectivity index (χ2v) is 8.24. The average molecular weight is 461 g/mol. The molecule has 0 saturated heterocycles. The Morgan fingerprint density at radius 2 is 1.82 bits per heavy atom. The van der Waals surface area contributed by atoms with Crippen molar-refractivity contribution in [3.63, 3.8) is 0 Å². The lowest BCUT2D eigenvalue weighted by atomic mass is 9.90. The van der Waals surface area contributed by atoms with E-state index in [1.165, 1.54) is 0 Å². The summed E-state index contributed by atoms with van der Waals surface area (Å²) in [6, 6.07) is 22.6. The molecule has 0 aromatic heterocycles. The van der Waals surface area contributed by atoms with Crippen molar-refractivity contribution in [2.75, 3.05) is 30.4 Å². The summed E-state index contributed by atoms with van der Waals surface area (Å²) >= 11 is 6.13. The summed E-state index contributed by atoms with van der Waals surface area (Å²) < 4.78 is 0. The molecule has 4 rings (SSSR count). The number of likely N-dealkylation sites (N-methyl/N-ethyl adjacent to an activating group) is 1. The van der Waals surface area contributed by atoms with Crippen molar-refractivity contribution in [3.8, 4) is 0 Å². The third-order valence-electron chi connectivity index (χ3n) is 5.57. The lowest BCUT2D eigenvalue weighted by Gasteiger charge is -2.21. The fourth-order valence-corrected chi connectivity index (χ4v) is 4.12. The van der Waals surface area contributed by atoms with Crippen LogP contribution in [0.2, 0.25) is 5.02 Å². The van der Waals surface area contributed by atoms with Crippen LogP contribution in [-0.2, 0) is 9.59 Å². The van der Waals surface area contributed by atoms with Crippen molar-refractivity contribution >= 4 is 46.2 Å². The van der Waals surface area contributed by atoms with E-state index in [0.29, 0.717) is 35.2 Å². The lowest BCUT2D eigenvalue weighted by molar-refractivity contribution is -0.117. The monoisotopic (exact) mass is 460 g/mol. The van der Waals surface area contributed by atoms with Gasteiger partial charge in [0, 0.05) is 36.4 Å². The zero-order valence-corrected chi connectivity index (χ0v) is 19.3. The van der Waals surface area contributed by atoms with Crippen LogP contribution in [-0.4, -0.2) is 37.7 Å². The van der Waals surface area contributed by atoms with Gasteiger partial charge < -0.3 is 15.5 Å². The quantitative estimate of drug-likeness (QED) is 0.499. The molecule has 2 N–H and O–H groups in total. The third kappa shape index (κ3) is 4.97. The molecule has 0 bridgehead atoms. The molecule has 2 amide bonds. The van der Waals surface area contributed by atoms with Gasteiger partial charge in [-0.2, -0.15) is 0 Å². The highest BCUT2D eigenvalue weighted by atomic mass is 35.5. The molecule has 0 aliphatic carbocycles. The van der Waals surface area contributed by atoms with Crippen LogP contribution in [0.5, 0.6) is 0 Å². The van der Waals surface area contributed by atoms with E-state index in [2.05, 4.69) is 10.6 Å². The molecule has 1 aliphatic heterocycles. The molecule has 168 valence electrons. The number of benzene rings is 3. The van der Waals surface area contributed by atoms with Gasteiger partial charge in [-0.05, 0) is 54.6 Å². The largest absolute Gasteiger partial charge is 0.325 e. The number of fused-ring (bicyclic) bond motifs is 1. The third-order valence-corrected chi connectivity index (χ3v) is 5.80. The van der Waals surface area contributed by atoms with Crippen LogP contribution < -0.4 is 15.5 Å². The Labute approximate surface area is 198 Å². The minimum absolute atomic E-state index is 0.0237. The molecule has 1 atom stereocenters. The van der Waals surface area contributed by atoms with E-state index in [9.17, 15) is 9.59 Å². The molecule has 3 aromatic carbocycles. The SMILES string of the molecule is CNCCN(C(C)=O)c1ccc(N=C(c2ccccc2)C2C(=O)Nc3cc(Cl)ccc32)cc1. The van der Waals surface area contributed by atoms with Crippen molar-refractivity contribution in [1.82, 2.24) is 5.32 Å². The molecule has 3 aromatic rings. The van der Waals surface area contributed by atoms with Crippen molar-refractivity contribution < 1.29 is 9.59 Å². The normalized spacial score (nSPS) is 15.2. The number of rotatable bonds is 7. The second-order valence-electron chi connectivity index (χ2n) is 7.81. The smallest absolute Gasteiger partial charge is 0.238 e. The number of nitrogens with zero attached hydrogens (tertiary/aromatic N) is 2. The predicted octanol–water partition coefficient (Wildman–Crippen LogP) is 4.77. The number of hydrogen-bond donors (Lipinski definition) is 2. The van der Waals surface area contributed by atoms with Crippen LogP contribution in [0.3, 0.4) is 0 Å². The van der Waals surface area contributed by atoms with Crippen molar-refractivity contribution in [3.05, 3.63) is 88.9 Å². The Morgan fingerprint density at radius 3 is 2.48 bits per heavy atom. The number of hydrogen-bond acceptors (Lipinski definition) is 4. The number of nitrogens with one attached hydrogen (secondary N) is 2. The Balaban J connectivity index is 1.73. The molecule has 6 nitrogen and oxygen atoms in total. The topological polar surface area (TPSA) is 73.8 Å².